The molecule has 0 bridgehead atoms. The van der Waals surface area contributed by atoms with Gasteiger partial charge in [0.1, 0.15) is 0 Å². The summed E-state index contributed by atoms with van der Waals surface area (Å²) < 4.78 is 0. The fourth-order valence-corrected chi connectivity index (χ4v) is 3.96. The maximum Gasteiger partial charge on any atom is 0.321 e. The quantitative estimate of drug-likeness (QED) is 0.609. The second kappa shape index (κ2) is 10.1. The van der Waals surface area contributed by atoms with Gasteiger partial charge in [-0.3, -0.25) is 4.79 Å². The molecular formula is C21H31N5O3. The number of piperidine rings is 1. The van der Waals surface area contributed by atoms with Gasteiger partial charge in [0.05, 0.1) is 5.92 Å². The zero-order chi connectivity index (χ0) is 20.6. The number of anilines is 2. The second-order valence-electron chi connectivity index (χ2n) is 7.77. The molecule has 1 aromatic rings. The van der Waals surface area contributed by atoms with Gasteiger partial charge in [-0.25, -0.2) is 9.59 Å². The van der Waals surface area contributed by atoms with Crippen LogP contribution in [0.4, 0.5) is 21.0 Å². The van der Waals surface area contributed by atoms with Gasteiger partial charge in [-0.15, -0.1) is 0 Å². The lowest BCUT2D eigenvalue weighted by Gasteiger charge is -2.32. The molecule has 0 radical (unpaired) electrons. The van der Waals surface area contributed by atoms with Crippen molar-refractivity contribution in [3.8, 4) is 0 Å². The molecule has 8 heteroatoms. The van der Waals surface area contributed by atoms with Crippen molar-refractivity contribution >= 4 is 29.3 Å². The summed E-state index contributed by atoms with van der Waals surface area (Å²) in [6.45, 7) is 3.56. The van der Waals surface area contributed by atoms with Gasteiger partial charge in [0.25, 0.3) is 0 Å². The first-order valence-corrected chi connectivity index (χ1v) is 10.6. The summed E-state index contributed by atoms with van der Waals surface area (Å²) in [5, 5.41) is 11.5. The molecule has 0 aromatic heterocycles. The molecule has 5 amide bonds. The highest BCUT2D eigenvalue weighted by Crippen LogP contribution is 2.20. The maximum absolute atomic E-state index is 12.6. The van der Waals surface area contributed by atoms with E-state index in [1.807, 2.05) is 6.92 Å². The predicted octanol–water partition coefficient (Wildman–Crippen LogP) is 3.13. The van der Waals surface area contributed by atoms with Gasteiger partial charge in [-0.2, -0.15) is 0 Å². The van der Waals surface area contributed by atoms with Gasteiger partial charge in [0, 0.05) is 37.1 Å². The lowest BCUT2D eigenvalue weighted by molar-refractivity contribution is -0.126. The lowest BCUT2D eigenvalue weighted by Crippen LogP contribution is -2.46. The number of amides is 5. The summed E-state index contributed by atoms with van der Waals surface area (Å²) in [6, 6.07) is 6.90. The largest absolute Gasteiger partial charge is 0.356 e. The Balaban J connectivity index is 1.47. The SMILES string of the molecule is CCNC(=O)[C@H]1CCCN(C(=O)Nc2ccc(NC(=O)NC3CCCC3)cc2)C1. The topological polar surface area (TPSA) is 103 Å². The number of nitrogens with one attached hydrogen (secondary N) is 4. The van der Waals surface area contributed by atoms with Crippen molar-refractivity contribution in [2.24, 2.45) is 5.92 Å². The summed E-state index contributed by atoms with van der Waals surface area (Å²) in [5.41, 5.74) is 1.32. The molecule has 4 N–H and O–H groups in total. The van der Waals surface area contributed by atoms with Crippen molar-refractivity contribution in [3.63, 3.8) is 0 Å². The highest BCUT2D eigenvalue weighted by molar-refractivity contribution is 5.92. The predicted molar refractivity (Wildman–Crippen MR) is 113 cm³/mol. The molecule has 1 atom stereocenters. The number of benzene rings is 1. The Morgan fingerprint density at radius 2 is 1.62 bits per heavy atom. The van der Waals surface area contributed by atoms with Crippen molar-refractivity contribution in [3.05, 3.63) is 24.3 Å². The van der Waals surface area contributed by atoms with Crippen molar-refractivity contribution in [2.75, 3.05) is 30.3 Å². The molecule has 8 nitrogen and oxygen atoms in total. The molecule has 1 aromatic carbocycles. The Kier molecular flexibility index (Phi) is 7.32. The molecule has 3 rings (SSSR count). The van der Waals surface area contributed by atoms with Crippen LogP contribution in [0.1, 0.15) is 45.4 Å². The van der Waals surface area contributed by atoms with E-state index in [0.29, 0.717) is 31.0 Å². The third-order valence-corrected chi connectivity index (χ3v) is 5.51. The smallest absolute Gasteiger partial charge is 0.321 e. The van der Waals surface area contributed by atoms with E-state index in [1.165, 1.54) is 12.8 Å². The lowest BCUT2D eigenvalue weighted by atomic mass is 9.97. The maximum atomic E-state index is 12.6. The number of carbonyl (C=O) groups is 3. The van der Waals surface area contributed by atoms with Crippen LogP contribution in [-0.4, -0.2) is 48.5 Å². The summed E-state index contributed by atoms with van der Waals surface area (Å²) >= 11 is 0. The highest BCUT2D eigenvalue weighted by atomic mass is 16.2. The Labute approximate surface area is 171 Å². The van der Waals surface area contributed by atoms with Crippen LogP contribution in [0.2, 0.25) is 0 Å². The number of urea groups is 2. The van der Waals surface area contributed by atoms with Crippen LogP contribution < -0.4 is 21.3 Å². The third-order valence-electron chi connectivity index (χ3n) is 5.51. The van der Waals surface area contributed by atoms with E-state index in [2.05, 4.69) is 21.3 Å². The first kappa shape index (κ1) is 21.0. The first-order chi connectivity index (χ1) is 14.0. The van der Waals surface area contributed by atoms with E-state index in [4.69, 9.17) is 0 Å². The van der Waals surface area contributed by atoms with Crippen molar-refractivity contribution in [1.82, 2.24) is 15.5 Å². The van der Waals surface area contributed by atoms with Gasteiger partial charge >= 0.3 is 12.1 Å². The van der Waals surface area contributed by atoms with E-state index >= 15 is 0 Å². The Morgan fingerprint density at radius 1 is 0.966 bits per heavy atom. The number of hydrogen-bond donors (Lipinski definition) is 4. The average molecular weight is 402 g/mol. The fraction of sp³-hybridized carbons (Fsp3) is 0.571. The zero-order valence-corrected chi connectivity index (χ0v) is 17.0. The van der Waals surface area contributed by atoms with Crippen LogP contribution in [-0.2, 0) is 4.79 Å². The molecule has 29 heavy (non-hydrogen) atoms. The van der Waals surface area contributed by atoms with Crippen LogP contribution in [0.3, 0.4) is 0 Å². The monoisotopic (exact) mass is 401 g/mol. The summed E-state index contributed by atoms with van der Waals surface area (Å²) in [7, 11) is 0. The van der Waals surface area contributed by atoms with E-state index < -0.39 is 0 Å². The van der Waals surface area contributed by atoms with Crippen molar-refractivity contribution < 1.29 is 14.4 Å². The Hall–Kier alpha value is -2.77. The van der Waals surface area contributed by atoms with Crippen molar-refractivity contribution in [1.29, 1.82) is 0 Å². The molecule has 2 fully saturated rings. The molecule has 0 spiro atoms. The normalized spacial score (nSPS) is 19.5. The molecule has 0 unspecified atom stereocenters. The average Bonchev–Trinajstić information content (AvgIpc) is 3.22. The Bertz CT molecular complexity index is 716. The van der Waals surface area contributed by atoms with Gasteiger partial charge in [0.2, 0.25) is 5.91 Å². The number of rotatable bonds is 5. The van der Waals surface area contributed by atoms with Crippen molar-refractivity contribution in [2.45, 2.75) is 51.5 Å². The van der Waals surface area contributed by atoms with Gasteiger partial charge in [-0.1, -0.05) is 12.8 Å². The molecule has 158 valence electrons. The van der Waals surface area contributed by atoms with E-state index in [1.54, 1.807) is 29.2 Å². The summed E-state index contributed by atoms with van der Waals surface area (Å²) in [6.07, 6.45) is 6.03. The molecular weight excluding hydrogens is 370 g/mol. The molecule has 1 aliphatic heterocycles. The van der Waals surface area contributed by atoms with Crippen LogP contribution in [0.25, 0.3) is 0 Å². The zero-order valence-electron chi connectivity index (χ0n) is 17.0. The number of likely N-dealkylation sites (tertiary alicyclic amines) is 1. The fourth-order valence-electron chi connectivity index (χ4n) is 3.96. The first-order valence-electron chi connectivity index (χ1n) is 10.6. The minimum absolute atomic E-state index is 0.0105. The van der Waals surface area contributed by atoms with Crippen LogP contribution >= 0.6 is 0 Å². The molecule has 1 saturated carbocycles. The van der Waals surface area contributed by atoms with E-state index in [0.717, 1.165) is 25.7 Å². The van der Waals surface area contributed by atoms with Gasteiger partial charge in [0.15, 0.2) is 0 Å². The van der Waals surface area contributed by atoms with E-state index in [9.17, 15) is 14.4 Å². The molecule has 1 saturated heterocycles. The number of carbonyl (C=O) groups excluding carboxylic acids is 3. The molecule has 2 aliphatic rings. The number of nitrogens with zero attached hydrogens (tertiary/aromatic N) is 1. The van der Waals surface area contributed by atoms with Gasteiger partial charge in [-0.05, 0) is 56.9 Å². The molecule has 1 aliphatic carbocycles. The Morgan fingerprint density at radius 3 is 2.28 bits per heavy atom. The third kappa shape index (κ3) is 6.10. The number of hydrogen-bond acceptors (Lipinski definition) is 3. The summed E-state index contributed by atoms with van der Waals surface area (Å²) in [5.74, 6) is -0.143. The summed E-state index contributed by atoms with van der Waals surface area (Å²) in [4.78, 5) is 38.3. The van der Waals surface area contributed by atoms with Crippen LogP contribution in [0, 0.1) is 5.92 Å². The van der Waals surface area contributed by atoms with E-state index in [-0.39, 0.29) is 29.9 Å². The standard InChI is InChI=1S/C21H31N5O3/c1-2-22-19(27)15-6-5-13-26(14-15)21(29)25-18-11-9-17(10-12-18)24-20(28)23-16-7-3-4-8-16/h9-12,15-16H,2-8,13-14H2,1H3,(H,22,27)(H,25,29)(H2,23,24,28)/t15-/m0/s1. The highest BCUT2D eigenvalue weighted by Gasteiger charge is 2.28. The van der Waals surface area contributed by atoms with Crippen LogP contribution in [0.5, 0.6) is 0 Å². The van der Waals surface area contributed by atoms with Gasteiger partial charge < -0.3 is 26.2 Å². The molecule has 1 heterocycles. The minimum atomic E-state index is -0.210. The van der Waals surface area contributed by atoms with Crippen LogP contribution in [0.15, 0.2) is 24.3 Å². The second-order valence-corrected chi connectivity index (χ2v) is 7.77. The minimum Gasteiger partial charge on any atom is -0.356 e.